The summed E-state index contributed by atoms with van der Waals surface area (Å²) in [7, 11) is 1.82. The molecular weight excluding hydrogens is 364 g/mol. The summed E-state index contributed by atoms with van der Waals surface area (Å²) in [6.45, 7) is 7.24. The summed E-state index contributed by atoms with van der Waals surface area (Å²) >= 11 is 0. The number of aryl methyl sites for hydroxylation is 2. The van der Waals surface area contributed by atoms with Gasteiger partial charge in [0.15, 0.2) is 0 Å². The number of carbonyl (C=O) groups is 3. The second-order valence-electron chi connectivity index (χ2n) is 6.32. The van der Waals surface area contributed by atoms with Crippen LogP contribution in [0.5, 0.6) is 0 Å². The van der Waals surface area contributed by atoms with Crippen LogP contribution in [0.15, 0.2) is 17.3 Å². The van der Waals surface area contributed by atoms with Crippen molar-refractivity contribution in [1.82, 2.24) is 20.4 Å². The molecule has 1 atom stereocenters. The number of nitrogens with zero attached hydrogens (tertiary/aromatic N) is 2. The monoisotopic (exact) mass is 390 g/mol. The lowest BCUT2D eigenvalue weighted by atomic mass is 10.0. The highest BCUT2D eigenvalue weighted by molar-refractivity contribution is 5.95. The Kier molecular flexibility index (Phi) is 6.97. The van der Waals surface area contributed by atoms with E-state index in [0.29, 0.717) is 6.42 Å². The van der Waals surface area contributed by atoms with Crippen molar-refractivity contribution in [2.45, 2.75) is 40.2 Å². The lowest BCUT2D eigenvalue weighted by Gasteiger charge is -2.28. The van der Waals surface area contributed by atoms with E-state index in [1.54, 1.807) is 17.7 Å². The Morgan fingerprint density at radius 1 is 1.25 bits per heavy atom. The Balaban J connectivity index is 2.14. The number of carbonyl (C=O) groups excluding carboxylic acids is 3. The van der Waals surface area contributed by atoms with Crippen molar-refractivity contribution in [3.05, 3.63) is 34.3 Å². The van der Waals surface area contributed by atoms with E-state index in [9.17, 15) is 14.4 Å². The normalized spacial score (nSPS) is 16.8. The zero-order chi connectivity index (χ0) is 20.8. The summed E-state index contributed by atoms with van der Waals surface area (Å²) in [6, 6.07) is -0.958. The Morgan fingerprint density at radius 3 is 2.54 bits per heavy atom. The standard InChI is InChI=1S/C19H26N4O5/c1-6-14-17(18(25)27-7-2)15(21-19(26)20-14)10-28-16(24)9-8-13-11(3)22-23(5)12(13)4/h8-9,14H,6-7,10H2,1-5H3,(H2,20,21,26)/b9-8+/t14-/m1/s1. The van der Waals surface area contributed by atoms with Gasteiger partial charge in [-0.25, -0.2) is 14.4 Å². The molecule has 1 aromatic heterocycles. The number of hydrogen-bond donors (Lipinski definition) is 2. The van der Waals surface area contributed by atoms with Crippen molar-refractivity contribution in [2.75, 3.05) is 13.2 Å². The van der Waals surface area contributed by atoms with Gasteiger partial charge in [0, 0.05) is 24.4 Å². The predicted molar refractivity (Wildman–Crippen MR) is 102 cm³/mol. The Morgan fingerprint density at radius 2 is 1.96 bits per heavy atom. The van der Waals surface area contributed by atoms with Crippen LogP contribution in [0.3, 0.4) is 0 Å². The summed E-state index contributed by atoms with van der Waals surface area (Å²) in [5, 5.41) is 9.48. The van der Waals surface area contributed by atoms with E-state index < -0.39 is 24.0 Å². The van der Waals surface area contributed by atoms with Gasteiger partial charge in [0.05, 0.1) is 29.6 Å². The van der Waals surface area contributed by atoms with Crippen LogP contribution in [0, 0.1) is 13.8 Å². The van der Waals surface area contributed by atoms with Crippen LogP contribution >= 0.6 is 0 Å². The SMILES string of the molecule is CCOC(=O)C1=C(COC(=O)/C=C/c2c(C)nn(C)c2C)NC(=O)N[C@@H]1CC. The summed E-state index contributed by atoms with van der Waals surface area (Å²) in [4.78, 5) is 36.2. The van der Waals surface area contributed by atoms with E-state index in [1.165, 1.54) is 6.08 Å². The quantitative estimate of drug-likeness (QED) is 0.539. The molecule has 2 N–H and O–H groups in total. The number of hydrogen-bond acceptors (Lipinski definition) is 6. The molecule has 0 bridgehead atoms. The molecular formula is C19H26N4O5. The third-order valence-electron chi connectivity index (χ3n) is 4.46. The Labute approximate surface area is 163 Å². The number of esters is 2. The van der Waals surface area contributed by atoms with Crippen LogP contribution in [0.4, 0.5) is 4.79 Å². The molecule has 0 aliphatic carbocycles. The van der Waals surface area contributed by atoms with E-state index in [2.05, 4.69) is 15.7 Å². The van der Waals surface area contributed by atoms with E-state index >= 15 is 0 Å². The van der Waals surface area contributed by atoms with Gasteiger partial charge in [0.25, 0.3) is 0 Å². The fourth-order valence-corrected chi connectivity index (χ4v) is 2.95. The van der Waals surface area contributed by atoms with E-state index in [1.807, 2.05) is 27.8 Å². The molecule has 9 nitrogen and oxygen atoms in total. The number of aromatic nitrogens is 2. The molecule has 0 spiro atoms. The van der Waals surface area contributed by atoms with Crippen LogP contribution in [-0.4, -0.2) is 47.0 Å². The van der Waals surface area contributed by atoms with Gasteiger partial charge in [-0.1, -0.05) is 6.92 Å². The molecule has 9 heteroatoms. The van der Waals surface area contributed by atoms with Gasteiger partial charge < -0.3 is 20.1 Å². The van der Waals surface area contributed by atoms with Crippen LogP contribution in [0.25, 0.3) is 6.08 Å². The number of ether oxygens (including phenoxy) is 2. The fourth-order valence-electron chi connectivity index (χ4n) is 2.95. The highest BCUT2D eigenvalue weighted by Gasteiger charge is 2.31. The van der Waals surface area contributed by atoms with Gasteiger partial charge in [-0.15, -0.1) is 0 Å². The average Bonchev–Trinajstić information content (AvgIpc) is 2.89. The first-order chi connectivity index (χ1) is 13.3. The van der Waals surface area contributed by atoms with Crippen LogP contribution in [-0.2, 0) is 26.1 Å². The Bertz CT molecular complexity index is 838. The summed E-state index contributed by atoms with van der Waals surface area (Å²) in [5.74, 6) is -1.15. The highest BCUT2D eigenvalue weighted by Crippen LogP contribution is 2.18. The fraction of sp³-hybridized carbons (Fsp3) is 0.474. The van der Waals surface area contributed by atoms with Crippen LogP contribution < -0.4 is 10.6 Å². The Hall–Kier alpha value is -3.10. The predicted octanol–water partition coefficient (Wildman–Crippen LogP) is 1.50. The van der Waals surface area contributed by atoms with Gasteiger partial charge >= 0.3 is 18.0 Å². The van der Waals surface area contributed by atoms with Crippen molar-refractivity contribution in [2.24, 2.45) is 7.05 Å². The first-order valence-electron chi connectivity index (χ1n) is 9.11. The van der Waals surface area contributed by atoms with Crippen molar-refractivity contribution in [3.63, 3.8) is 0 Å². The third-order valence-corrected chi connectivity index (χ3v) is 4.46. The highest BCUT2D eigenvalue weighted by atomic mass is 16.5. The van der Waals surface area contributed by atoms with Crippen molar-refractivity contribution < 1.29 is 23.9 Å². The molecule has 2 heterocycles. The average molecular weight is 390 g/mol. The van der Waals surface area contributed by atoms with Gasteiger partial charge in [0.1, 0.15) is 6.61 Å². The molecule has 1 aromatic rings. The van der Waals surface area contributed by atoms with Gasteiger partial charge in [0.2, 0.25) is 0 Å². The summed E-state index contributed by atoms with van der Waals surface area (Å²) in [6.07, 6.45) is 3.43. The smallest absolute Gasteiger partial charge is 0.338 e. The zero-order valence-corrected chi connectivity index (χ0v) is 16.8. The summed E-state index contributed by atoms with van der Waals surface area (Å²) < 4.78 is 12.0. The number of nitrogens with one attached hydrogen (secondary N) is 2. The molecule has 1 aliphatic rings. The summed E-state index contributed by atoms with van der Waals surface area (Å²) in [5.41, 5.74) is 3.05. The van der Waals surface area contributed by atoms with Crippen LogP contribution in [0.1, 0.15) is 37.2 Å². The molecule has 0 aromatic carbocycles. The minimum absolute atomic E-state index is 0.201. The maximum absolute atomic E-state index is 12.3. The maximum atomic E-state index is 12.3. The van der Waals surface area contributed by atoms with Crippen molar-refractivity contribution in [3.8, 4) is 0 Å². The largest absolute Gasteiger partial charge is 0.463 e. The van der Waals surface area contributed by atoms with E-state index in [4.69, 9.17) is 9.47 Å². The molecule has 1 aliphatic heterocycles. The van der Waals surface area contributed by atoms with Crippen molar-refractivity contribution >= 4 is 24.0 Å². The second kappa shape index (κ2) is 9.20. The molecule has 2 amide bonds. The van der Waals surface area contributed by atoms with Gasteiger partial charge in [-0.3, -0.25) is 4.68 Å². The zero-order valence-electron chi connectivity index (χ0n) is 16.8. The molecule has 0 fully saturated rings. The topological polar surface area (TPSA) is 112 Å². The number of urea groups is 1. The second-order valence-corrected chi connectivity index (χ2v) is 6.32. The van der Waals surface area contributed by atoms with Gasteiger partial charge in [-0.2, -0.15) is 5.10 Å². The molecule has 0 saturated heterocycles. The van der Waals surface area contributed by atoms with E-state index in [0.717, 1.165) is 17.0 Å². The molecule has 2 rings (SSSR count). The number of rotatable bonds is 7. The minimum Gasteiger partial charge on any atom is -0.463 e. The minimum atomic E-state index is -0.598. The molecule has 0 saturated carbocycles. The lowest BCUT2D eigenvalue weighted by molar-refractivity contribution is -0.140. The first kappa shape index (κ1) is 21.2. The molecule has 28 heavy (non-hydrogen) atoms. The third kappa shape index (κ3) is 4.79. The first-order valence-corrected chi connectivity index (χ1v) is 9.11. The number of amides is 2. The molecule has 0 unspecified atom stereocenters. The van der Waals surface area contributed by atoms with E-state index in [-0.39, 0.29) is 24.5 Å². The maximum Gasteiger partial charge on any atom is 0.338 e. The van der Waals surface area contributed by atoms with Crippen LogP contribution in [0.2, 0.25) is 0 Å². The molecule has 0 radical (unpaired) electrons. The lowest BCUT2D eigenvalue weighted by Crippen LogP contribution is -2.51. The van der Waals surface area contributed by atoms with Gasteiger partial charge in [-0.05, 0) is 33.3 Å². The molecule has 152 valence electrons. The van der Waals surface area contributed by atoms with Crippen molar-refractivity contribution in [1.29, 1.82) is 0 Å².